The molecule has 0 spiro atoms. The summed E-state index contributed by atoms with van der Waals surface area (Å²) in [6.45, 7) is 1.72. The Bertz CT molecular complexity index is 1030. The van der Waals surface area contributed by atoms with E-state index in [-0.39, 0.29) is 18.8 Å². The van der Waals surface area contributed by atoms with Crippen molar-refractivity contribution in [3.63, 3.8) is 0 Å². The van der Waals surface area contributed by atoms with E-state index in [2.05, 4.69) is 19.9 Å². The number of hydrogen-bond donors (Lipinski definition) is 2. The zero-order valence-corrected chi connectivity index (χ0v) is 15.6. The van der Waals surface area contributed by atoms with Gasteiger partial charge in [-0.1, -0.05) is 18.2 Å². The van der Waals surface area contributed by atoms with E-state index in [0.717, 1.165) is 11.1 Å². The predicted octanol–water partition coefficient (Wildman–Crippen LogP) is 1.99. The summed E-state index contributed by atoms with van der Waals surface area (Å²) in [6, 6.07) is 7.02. The Morgan fingerprint density at radius 1 is 1.10 bits per heavy atom. The lowest BCUT2D eigenvalue weighted by Gasteiger charge is -2.16. The molecule has 0 aliphatic rings. The summed E-state index contributed by atoms with van der Waals surface area (Å²) < 4.78 is 4.93. The zero-order chi connectivity index (χ0) is 20.8. The van der Waals surface area contributed by atoms with Crippen LogP contribution >= 0.6 is 0 Å². The molecule has 0 amide bonds. The zero-order valence-electron chi connectivity index (χ0n) is 15.6. The summed E-state index contributed by atoms with van der Waals surface area (Å²) >= 11 is 0. The second-order valence-electron chi connectivity index (χ2n) is 6.17. The Hall–Kier alpha value is -3.88. The van der Waals surface area contributed by atoms with Gasteiger partial charge in [0, 0.05) is 29.6 Å². The SMILES string of the molecule is CCOC(=O)C(Cc1cc(-c2cncnc2)ccc1-c1cc(N)ncn1)C(=O)O. The number of nitrogen functional groups attached to an aromatic ring is 1. The smallest absolute Gasteiger partial charge is 0.320 e. The van der Waals surface area contributed by atoms with Gasteiger partial charge in [-0.3, -0.25) is 9.59 Å². The van der Waals surface area contributed by atoms with E-state index in [1.54, 1.807) is 37.5 Å². The molecule has 3 aromatic rings. The van der Waals surface area contributed by atoms with Crippen LogP contribution in [-0.4, -0.2) is 43.6 Å². The second kappa shape index (κ2) is 8.87. The summed E-state index contributed by atoms with van der Waals surface area (Å²) in [4.78, 5) is 40.0. The van der Waals surface area contributed by atoms with Crippen LogP contribution in [0.15, 0.2) is 49.3 Å². The first-order chi connectivity index (χ1) is 14.0. The third kappa shape index (κ3) is 4.70. The van der Waals surface area contributed by atoms with Crippen molar-refractivity contribution in [2.75, 3.05) is 12.3 Å². The Morgan fingerprint density at radius 3 is 2.52 bits per heavy atom. The highest BCUT2D eigenvalue weighted by atomic mass is 16.5. The van der Waals surface area contributed by atoms with Crippen LogP contribution in [0.5, 0.6) is 0 Å². The third-order valence-corrected chi connectivity index (χ3v) is 4.26. The highest BCUT2D eigenvalue weighted by Crippen LogP contribution is 2.30. The molecule has 0 saturated carbocycles. The van der Waals surface area contributed by atoms with E-state index in [1.807, 2.05) is 6.07 Å². The number of ether oxygens (including phenoxy) is 1. The molecule has 1 atom stereocenters. The fourth-order valence-corrected chi connectivity index (χ4v) is 2.89. The predicted molar refractivity (Wildman–Crippen MR) is 104 cm³/mol. The average Bonchev–Trinajstić information content (AvgIpc) is 2.72. The van der Waals surface area contributed by atoms with Gasteiger partial charge in [0.25, 0.3) is 0 Å². The van der Waals surface area contributed by atoms with Gasteiger partial charge in [0.2, 0.25) is 0 Å². The first-order valence-electron chi connectivity index (χ1n) is 8.85. The number of nitrogens with zero attached hydrogens (tertiary/aromatic N) is 4. The van der Waals surface area contributed by atoms with Gasteiger partial charge in [0.15, 0.2) is 5.92 Å². The van der Waals surface area contributed by atoms with Crippen LogP contribution in [0.1, 0.15) is 12.5 Å². The van der Waals surface area contributed by atoms with Crippen molar-refractivity contribution in [1.82, 2.24) is 19.9 Å². The van der Waals surface area contributed by atoms with Crippen LogP contribution in [0.2, 0.25) is 0 Å². The standard InChI is InChI=1S/C20H19N5O4/c1-2-29-20(28)16(19(26)27)6-13-5-12(14-8-22-10-23-9-14)3-4-15(13)17-7-18(21)25-11-24-17/h3-5,7-11,16H,2,6H2,1H3,(H,26,27)(H2,21,24,25). The van der Waals surface area contributed by atoms with Gasteiger partial charge in [-0.15, -0.1) is 0 Å². The summed E-state index contributed by atoms with van der Waals surface area (Å²) in [6.07, 6.45) is 5.97. The summed E-state index contributed by atoms with van der Waals surface area (Å²) in [5.41, 5.74) is 9.08. The van der Waals surface area contributed by atoms with Gasteiger partial charge >= 0.3 is 11.9 Å². The molecule has 148 valence electrons. The molecule has 2 heterocycles. The number of benzene rings is 1. The molecule has 9 heteroatoms. The Balaban J connectivity index is 2.09. The number of carboxylic acid groups (broad SMARTS) is 1. The van der Waals surface area contributed by atoms with Crippen LogP contribution in [0.25, 0.3) is 22.4 Å². The maximum Gasteiger partial charge on any atom is 0.320 e. The van der Waals surface area contributed by atoms with E-state index in [4.69, 9.17) is 10.5 Å². The molecule has 9 nitrogen and oxygen atoms in total. The van der Waals surface area contributed by atoms with Crippen LogP contribution in [0.4, 0.5) is 5.82 Å². The van der Waals surface area contributed by atoms with E-state index in [9.17, 15) is 14.7 Å². The molecule has 0 saturated heterocycles. The molecule has 29 heavy (non-hydrogen) atoms. The molecule has 0 aliphatic carbocycles. The Kier molecular flexibility index (Phi) is 6.08. The molecule has 3 N–H and O–H groups in total. The molecule has 2 aromatic heterocycles. The topological polar surface area (TPSA) is 141 Å². The number of nitrogens with two attached hydrogens (primary N) is 1. The first kappa shape index (κ1) is 19.9. The van der Waals surface area contributed by atoms with Crippen molar-refractivity contribution in [3.05, 3.63) is 54.9 Å². The second-order valence-corrected chi connectivity index (χ2v) is 6.17. The number of carboxylic acids is 1. The summed E-state index contributed by atoms with van der Waals surface area (Å²) in [5.74, 6) is -3.12. The van der Waals surface area contributed by atoms with Gasteiger partial charge in [-0.05, 0) is 24.5 Å². The summed E-state index contributed by atoms with van der Waals surface area (Å²) in [5, 5.41) is 9.56. The van der Waals surface area contributed by atoms with Crippen molar-refractivity contribution < 1.29 is 19.4 Å². The van der Waals surface area contributed by atoms with Crippen LogP contribution < -0.4 is 5.73 Å². The highest BCUT2D eigenvalue weighted by Gasteiger charge is 2.29. The van der Waals surface area contributed by atoms with E-state index >= 15 is 0 Å². The lowest BCUT2D eigenvalue weighted by molar-refractivity contribution is -0.158. The van der Waals surface area contributed by atoms with Gasteiger partial charge in [-0.25, -0.2) is 19.9 Å². The monoisotopic (exact) mass is 393 g/mol. The van der Waals surface area contributed by atoms with Crippen molar-refractivity contribution in [3.8, 4) is 22.4 Å². The maximum atomic E-state index is 12.2. The molecule has 0 radical (unpaired) electrons. The van der Waals surface area contributed by atoms with Crippen molar-refractivity contribution in [2.45, 2.75) is 13.3 Å². The van der Waals surface area contributed by atoms with E-state index in [1.165, 1.54) is 12.7 Å². The van der Waals surface area contributed by atoms with Gasteiger partial charge < -0.3 is 15.6 Å². The number of esters is 1. The molecule has 1 aromatic carbocycles. The molecular weight excluding hydrogens is 374 g/mol. The molecule has 0 aliphatic heterocycles. The van der Waals surface area contributed by atoms with Crippen molar-refractivity contribution >= 4 is 17.8 Å². The van der Waals surface area contributed by atoms with Crippen molar-refractivity contribution in [2.24, 2.45) is 5.92 Å². The van der Waals surface area contributed by atoms with Crippen LogP contribution in [-0.2, 0) is 20.7 Å². The van der Waals surface area contributed by atoms with Gasteiger partial charge in [-0.2, -0.15) is 0 Å². The number of aliphatic carboxylic acids is 1. The number of hydrogen-bond acceptors (Lipinski definition) is 8. The maximum absolute atomic E-state index is 12.2. The molecule has 3 rings (SSSR count). The van der Waals surface area contributed by atoms with Crippen molar-refractivity contribution in [1.29, 1.82) is 0 Å². The lowest BCUT2D eigenvalue weighted by Crippen LogP contribution is -2.28. The van der Waals surface area contributed by atoms with Gasteiger partial charge in [0.05, 0.1) is 12.3 Å². The Morgan fingerprint density at radius 2 is 1.86 bits per heavy atom. The number of aromatic nitrogens is 4. The highest BCUT2D eigenvalue weighted by molar-refractivity contribution is 5.94. The summed E-state index contributed by atoms with van der Waals surface area (Å²) in [7, 11) is 0. The minimum absolute atomic E-state index is 0.0745. The normalized spacial score (nSPS) is 11.6. The first-order valence-corrected chi connectivity index (χ1v) is 8.85. The molecule has 0 bridgehead atoms. The molecular formula is C20H19N5O4. The largest absolute Gasteiger partial charge is 0.481 e. The molecule has 0 fully saturated rings. The number of rotatable bonds is 7. The van der Waals surface area contributed by atoms with Gasteiger partial charge in [0.1, 0.15) is 18.5 Å². The number of anilines is 1. The minimum Gasteiger partial charge on any atom is -0.481 e. The van der Waals surface area contributed by atoms with E-state index < -0.39 is 17.9 Å². The number of carbonyl (C=O) groups excluding carboxylic acids is 1. The van der Waals surface area contributed by atoms with Crippen LogP contribution in [0.3, 0.4) is 0 Å². The number of carbonyl (C=O) groups is 2. The van der Waals surface area contributed by atoms with Crippen LogP contribution in [0, 0.1) is 5.92 Å². The fraction of sp³-hybridized carbons (Fsp3) is 0.200. The lowest BCUT2D eigenvalue weighted by atomic mass is 9.91. The minimum atomic E-state index is -1.35. The quantitative estimate of drug-likeness (QED) is 0.455. The Labute approximate surface area is 166 Å². The van der Waals surface area contributed by atoms with E-state index in [0.29, 0.717) is 16.8 Å². The molecule has 1 unspecified atom stereocenters. The fourth-order valence-electron chi connectivity index (χ4n) is 2.89. The third-order valence-electron chi connectivity index (χ3n) is 4.26. The average molecular weight is 393 g/mol.